The summed E-state index contributed by atoms with van der Waals surface area (Å²) in [5.74, 6) is 0.815. The molecule has 1 atom stereocenters. The number of aromatic nitrogens is 1. The van der Waals surface area contributed by atoms with E-state index in [2.05, 4.69) is 15.0 Å². The lowest BCUT2D eigenvalue weighted by Gasteiger charge is -2.07. The Morgan fingerprint density at radius 1 is 1.58 bits per heavy atom. The molecule has 0 saturated carbocycles. The number of ether oxygens (including phenoxy) is 1. The van der Waals surface area contributed by atoms with Crippen molar-refractivity contribution in [3.8, 4) is 5.75 Å². The van der Waals surface area contributed by atoms with Gasteiger partial charge in [0.1, 0.15) is 11.9 Å². The Kier molecular flexibility index (Phi) is 2.65. The van der Waals surface area contributed by atoms with Crippen LogP contribution in [0.15, 0.2) is 28.1 Å². The second kappa shape index (κ2) is 4.33. The minimum atomic E-state index is -0.122. The van der Waals surface area contributed by atoms with Crippen molar-refractivity contribution in [2.24, 2.45) is 5.11 Å². The maximum Gasteiger partial charge on any atom is 0.248 e. The molecule has 1 aromatic carbocycles. The van der Waals surface area contributed by atoms with E-state index in [1.807, 2.05) is 19.1 Å². The van der Waals surface area contributed by atoms with Gasteiger partial charge in [-0.25, -0.2) is 0 Å². The molecule has 0 amide bonds. The van der Waals surface area contributed by atoms with Gasteiger partial charge in [0.15, 0.2) is 0 Å². The number of aryl methyl sites for hydroxylation is 1. The van der Waals surface area contributed by atoms with Gasteiger partial charge in [-0.1, -0.05) is 5.11 Å². The molecule has 0 radical (unpaired) electrons. The van der Waals surface area contributed by atoms with E-state index in [4.69, 9.17) is 10.3 Å². The lowest BCUT2D eigenvalue weighted by molar-refractivity contribution is 0.241. The van der Waals surface area contributed by atoms with Crippen LogP contribution in [0.25, 0.3) is 21.3 Å². The molecule has 1 aromatic heterocycles. The molecule has 1 unspecified atom stereocenters. The number of azide groups is 1. The van der Waals surface area contributed by atoms with Crippen LogP contribution in [-0.2, 0) is 6.42 Å². The van der Waals surface area contributed by atoms with E-state index in [0.29, 0.717) is 13.0 Å². The van der Waals surface area contributed by atoms with E-state index in [1.54, 1.807) is 0 Å². The Bertz CT molecular complexity index is 759. The quantitative estimate of drug-likeness (QED) is 0.508. The van der Waals surface area contributed by atoms with Crippen LogP contribution >= 0.6 is 0 Å². The summed E-state index contributed by atoms with van der Waals surface area (Å²) in [6, 6.07) is 5.26. The Hall–Kier alpha value is -2.46. The van der Waals surface area contributed by atoms with Crippen molar-refractivity contribution in [3.05, 3.63) is 50.1 Å². The van der Waals surface area contributed by atoms with Crippen LogP contribution in [0, 0.1) is 6.92 Å². The molecule has 2 aromatic rings. The molecule has 0 aliphatic carbocycles. The second-order valence-corrected chi connectivity index (χ2v) is 4.64. The number of rotatable bonds is 2. The van der Waals surface area contributed by atoms with E-state index in [-0.39, 0.29) is 11.7 Å². The number of pyridine rings is 1. The summed E-state index contributed by atoms with van der Waals surface area (Å²) in [6.45, 7) is 2.25. The van der Waals surface area contributed by atoms with Gasteiger partial charge in [-0.05, 0) is 30.2 Å². The summed E-state index contributed by atoms with van der Waals surface area (Å²) in [5.41, 5.74) is 11.1. The maximum atomic E-state index is 11.4. The van der Waals surface area contributed by atoms with Crippen LogP contribution in [0.3, 0.4) is 0 Å². The second-order valence-electron chi connectivity index (χ2n) is 4.64. The molecular weight excluding hydrogens is 244 g/mol. The van der Waals surface area contributed by atoms with Crippen molar-refractivity contribution in [3.63, 3.8) is 0 Å². The van der Waals surface area contributed by atoms with Gasteiger partial charge in [0.05, 0.1) is 12.1 Å². The summed E-state index contributed by atoms with van der Waals surface area (Å²) in [7, 11) is 0. The van der Waals surface area contributed by atoms with E-state index in [0.717, 1.165) is 27.8 Å². The number of nitrogens with one attached hydrogen (secondary N) is 1. The average Bonchev–Trinajstić information content (AvgIpc) is 2.79. The van der Waals surface area contributed by atoms with Gasteiger partial charge in [0, 0.05) is 28.3 Å². The summed E-state index contributed by atoms with van der Waals surface area (Å²) < 4.78 is 5.77. The molecule has 3 rings (SSSR count). The van der Waals surface area contributed by atoms with Crippen LogP contribution in [0.5, 0.6) is 5.75 Å². The third kappa shape index (κ3) is 1.92. The monoisotopic (exact) mass is 256 g/mol. The van der Waals surface area contributed by atoms with Crippen LogP contribution in [0.2, 0.25) is 0 Å². The standard InChI is InChI=1S/C13H12N4O2/c1-7-4-11-10(5-8(19-11)6-15-17-14)9-2-3-12(18)16-13(7)9/h2-4,8H,5-6H2,1H3,(H,16,18). The lowest BCUT2D eigenvalue weighted by Crippen LogP contribution is -2.16. The van der Waals surface area contributed by atoms with E-state index < -0.39 is 0 Å². The van der Waals surface area contributed by atoms with E-state index in [1.165, 1.54) is 6.07 Å². The fourth-order valence-electron chi connectivity index (χ4n) is 2.52. The Morgan fingerprint density at radius 3 is 3.21 bits per heavy atom. The third-order valence-electron chi connectivity index (χ3n) is 3.36. The fraction of sp³-hybridized carbons (Fsp3) is 0.308. The molecule has 0 bridgehead atoms. The molecule has 0 fully saturated rings. The van der Waals surface area contributed by atoms with Gasteiger partial charge in [0.2, 0.25) is 5.56 Å². The SMILES string of the molecule is Cc1cc2c(c3ccc(=O)[nH]c13)CC(CN=[N+]=[N-])O2. The average molecular weight is 256 g/mol. The number of H-pyrrole nitrogens is 1. The number of aromatic amines is 1. The van der Waals surface area contributed by atoms with Gasteiger partial charge < -0.3 is 9.72 Å². The first-order valence-electron chi connectivity index (χ1n) is 6.02. The summed E-state index contributed by atoms with van der Waals surface area (Å²) in [6.07, 6.45) is 0.569. The molecule has 2 heterocycles. The minimum absolute atomic E-state index is 0.111. The first kappa shape index (κ1) is 11.6. The fourth-order valence-corrected chi connectivity index (χ4v) is 2.52. The molecule has 0 saturated heterocycles. The number of nitrogens with zero attached hydrogens (tertiary/aromatic N) is 3. The number of fused-ring (bicyclic) bond motifs is 3. The van der Waals surface area contributed by atoms with Gasteiger partial charge in [0.25, 0.3) is 0 Å². The zero-order valence-electron chi connectivity index (χ0n) is 10.4. The molecular formula is C13H12N4O2. The predicted octanol–water partition coefficient (Wildman–Crippen LogP) is 2.45. The highest BCUT2D eigenvalue weighted by atomic mass is 16.5. The Morgan fingerprint density at radius 2 is 2.42 bits per heavy atom. The molecule has 0 spiro atoms. The lowest BCUT2D eigenvalue weighted by atomic mass is 10.0. The van der Waals surface area contributed by atoms with Gasteiger partial charge in [-0.3, -0.25) is 4.79 Å². The highest BCUT2D eigenvalue weighted by Gasteiger charge is 2.25. The van der Waals surface area contributed by atoms with Crippen molar-refractivity contribution in [1.29, 1.82) is 0 Å². The number of hydrogen-bond donors (Lipinski definition) is 1. The molecule has 1 N–H and O–H groups in total. The van der Waals surface area contributed by atoms with Crippen molar-refractivity contribution in [2.75, 3.05) is 6.54 Å². The first-order chi connectivity index (χ1) is 9.19. The summed E-state index contributed by atoms with van der Waals surface area (Å²) in [5, 5.41) is 4.55. The number of benzene rings is 1. The van der Waals surface area contributed by atoms with Gasteiger partial charge >= 0.3 is 0 Å². The molecule has 6 heteroatoms. The van der Waals surface area contributed by atoms with Gasteiger partial charge in [-0.2, -0.15) is 0 Å². The van der Waals surface area contributed by atoms with Crippen LogP contribution in [0.1, 0.15) is 11.1 Å². The summed E-state index contributed by atoms with van der Waals surface area (Å²) >= 11 is 0. The zero-order valence-corrected chi connectivity index (χ0v) is 10.4. The van der Waals surface area contributed by atoms with Crippen LogP contribution in [0.4, 0.5) is 0 Å². The van der Waals surface area contributed by atoms with E-state index in [9.17, 15) is 4.79 Å². The Labute approximate surface area is 108 Å². The van der Waals surface area contributed by atoms with Crippen molar-refractivity contribution < 1.29 is 4.74 Å². The predicted molar refractivity (Wildman–Crippen MR) is 71.4 cm³/mol. The highest BCUT2D eigenvalue weighted by molar-refractivity contribution is 5.87. The van der Waals surface area contributed by atoms with Crippen LogP contribution < -0.4 is 10.3 Å². The molecule has 19 heavy (non-hydrogen) atoms. The highest BCUT2D eigenvalue weighted by Crippen LogP contribution is 2.36. The zero-order chi connectivity index (χ0) is 13.4. The van der Waals surface area contributed by atoms with E-state index >= 15 is 0 Å². The van der Waals surface area contributed by atoms with Crippen molar-refractivity contribution >= 4 is 10.9 Å². The molecule has 1 aliphatic heterocycles. The van der Waals surface area contributed by atoms with Crippen LogP contribution in [-0.4, -0.2) is 17.6 Å². The Balaban J connectivity index is 2.12. The topological polar surface area (TPSA) is 90.9 Å². The minimum Gasteiger partial charge on any atom is -0.490 e. The van der Waals surface area contributed by atoms with Gasteiger partial charge in [-0.15, -0.1) is 0 Å². The third-order valence-corrected chi connectivity index (χ3v) is 3.36. The first-order valence-corrected chi connectivity index (χ1v) is 6.02. The normalized spacial score (nSPS) is 16.8. The van der Waals surface area contributed by atoms with Crippen molar-refractivity contribution in [1.82, 2.24) is 4.98 Å². The maximum absolute atomic E-state index is 11.4. The number of hydrogen-bond acceptors (Lipinski definition) is 3. The summed E-state index contributed by atoms with van der Waals surface area (Å²) in [4.78, 5) is 17.0. The molecule has 1 aliphatic rings. The molecule has 6 nitrogen and oxygen atoms in total. The smallest absolute Gasteiger partial charge is 0.248 e. The van der Waals surface area contributed by atoms with Crippen molar-refractivity contribution in [2.45, 2.75) is 19.4 Å². The largest absolute Gasteiger partial charge is 0.490 e. The molecule has 96 valence electrons.